The first-order valence-corrected chi connectivity index (χ1v) is 6.25. The summed E-state index contributed by atoms with van der Waals surface area (Å²) >= 11 is 0. The van der Waals surface area contributed by atoms with Gasteiger partial charge in [0.25, 0.3) is 0 Å². The highest BCUT2D eigenvalue weighted by Gasteiger charge is 2.21. The Balaban J connectivity index is 2.18. The van der Waals surface area contributed by atoms with Gasteiger partial charge in [-0.1, -0.05) is 13.3 Å². The number of nitrogens with two attached hydrogens (primary N) is 1. The Kier molecular flexibility index (Phi) is 5.77. The Morgan fingerprint density at radius 3 is 2.69 bits per heavy atom. The average molecular weight is 228 g/mol. The van der Waals surface area contributed by atoms with Gasteiger partial charge in [0.1, 0.15) is 6.10 Å². The fraction of sp³-hybridized carbons (Fsp3) is 0.917. The van der Waals surface area contributed by atoms with Crippen molar-refractivity contribution >= 4 is 5.97 Å². The van der Waals surface area contributed by atoms with Gasteiger partial charge in [0.05, 0.1) is 6.42 Å². The van der Waals surface area contributed by atoms with E-state index in [-0.39, 0.29) is 18.1 Å². The molecular formula is C12H24N2O2. The smallest absolute Gasteiger partial charge is 0.307 e. The largest absolute Gasteiger partial charge is 0.462 e. The van der Waals surface area contributed by atoms with Crippen LogP contribution in [-0.2, 0) is 9.53 Å². The molecule has 1 heterocycles. The number of rotatable bonds is 5. The monoisotopic (exact) mass is 228 g/mol. The van der Waals surface area contributed by atoms with Crippen LogP contribution in [0.2, 0.25) is 0 Å². The maximum Gasteiger partial charge on any atom is 0.307 e. The van der Waals surface area contributed by atoms with Gasteiger partial charge in [-0.2, -0.15) is 0 Å². The molecule has 0 bridgehead atoms. The highest BCUT2D eigenvalue weighted by molar-refractivity contribution is 5.70. The molecule has 0 aromatic rings. The van der Waals surface area contributed by atoms with Crippen LogP contribution in [0.1, 0.15) is 39.0 Å². The molecule has 1 aliphatic rings. The third kappa shape index (κ3) is 4.94. The van der Waals surface area contributed by atoms with E-state index < -0.39 is 0 Å². The van der Waals surface area contributed by atoms with Crippen molar-refractivity contribution in [2.24, 2.45) is 5.73 Å². The Morgan fingerprint density at radius 2 is 2.12 bits per heavy atom. The van der Waals surface area contributed by atoms with E-state index >= 15 is 0 Å². The maximum absolute atomic E-state index is 11.6. The standard InChI is InChI=1S/C12H24N2O2/c1-3-4-10(13)9-12(15)16-11-5-7-14(2)8-6-11/h10-11H,3-9,13H2,1-2H3. The lowest BCUT2D eigenvalue weighted by molar-refractivity contribution is -0.151. The minimum Gasteiger partial charge on any atom is -0.462 e. The average Bonchev–Trinajstić information content (AvgIpc) is 2.21. The summed E-state index contributed by atoms with van der Waals surface area (Å²) in [5.41, 5.74) is 5.80. The second-order valence-electron chi connectivity index (χ2n) is 4.75. The van der Waals surface area contributed by atoms with E-state index in [1.54, 1.807) is 0 Å². The molecule has 94 valence electrons. The third-order valence-corrected chi connectivity index (χ3v) is 3.05. The molecule has 1 unspecified atom stereocenters. The van der Waals surface area contributed by atoms with Crippen molar-refractivity contribution in [2.75, 3.05) is 20.1 Å². The highest BCUT2D eigenvalue weighted by Crippen LogP contribution is 2.13. The fourth-order valence-electron chi connectivity index (χ4n) is 2.02. The Bertz CT molecular complexity index is 213. The van der Waals surface area contributed by atoms with Crippen LogP contribution in [-0.4, -0.2) is 43.2 Å². The van der Waals surface area contributed by atoms with Crippen molar-refractivity contribution in [3.05, 3.63) is 0 Å². The molecule has 1 rings (SSSR count). The number of hydrogen-bond donors (Lipinski definition) is 1. The van der Waals surface area contributed by atoms with Gasteiger partial charge in [-0.05, 0) is 26.3 Å². The van der Waals surface area contributed by atoms with Gasteiger partial charge in [0, 0.05) is 19.1 Å². The number of ether oxygens (including phenoxy) is 1. The Hall–Kier alpha value is -0.610. The summed E-state index contributed by atoms with van der Waals surface area (Å²) in [4.78, 5) is 13.8. The van der Waals surface area contributed by atoms with Crippen LogP contribution in [0.15, 0.2) is 0 Å². The van der Waals surface area contributed by atoms with Crippen LogP contribution in [0.25, 0.3) is 0 Å². The van der Waals surface area contributed by atoms with Crippen LogP contribution >= 0.6 is 0 Å². The second-order valence-corrected chi connectivity index (χ2v) is 4.75. The van der Waals surface area contributed by atoms with Crippen molar-refractivity contribution in [2.45, 2.75) is 51.2 Å². The van der Waals surface area contributed by atoms with Crippen molar-refractivity contribution < 1.29 is 9.53 Å². The quantitative estimate of drug-likeness (QED) is 0.717. The topological polar surface area (TPSA) is 55.6 Å². The number of hydrogen-bond acceptors (Lipinski definition) is 4. The Morgan fingerprint density at radius 1 is 1.50 bits per heavy atom. The molecule has 0 aromatic carbocycles. The SMILES string of the molecule is CCCC(N)CC(=O)OC1CCN(C)CC1. The van der Waals surface area contributed by atoms with Gasteiger partial charge < -0.3 is 15.4 Å². The zero-order valence-electron chi connectivity index (χ0n) is 10.4. The number of esters is 1. The summed E-state index contributed by atoms with van der Waals surface area (Å²) in [6, 6.07) is -0.0382. The van der Waals surface area contributed by atoms with E-state index in [4.69, 9.17) is 10.5 Å². The summed E-state index contributed by atoms with van der Waals surface area (Å²) in [6.07, 6.45) is 4.28. The van der Waals surface area contributed by atoms with Crippen molar-refractivity contribution in [1.29, 1.82) is 0 Å². The highest BCUT2D eigenvalue weighted by atomic mass is 16.5. The zero-order chi connectivity index (χ0) is 12.0. The molecule has 1 atom stereocenters. The van der Waals surface area contributed by atoms with Gasteiger partial charge in [0.15, 0.2) is 0 Å². The van der Waals surface area contributed by atoms with Crippen molar-refractivity contribution in [3.8, 4) is 0 Å². The lowest BCUT2D eigenvalue weighted by Crippen LogP contribution is -2.36. The lowest BCUT2D eigenvalue weighted by Gasteiger charge is -2.28. The fourth-order valence-corrected chi connectivity index (χ4v) is 2.02. The molecule has 0 spiro atoms. The first-order chi connectivity index (χ1) is 7.61. The molecule has 1 aliphatic heterocycles. The van der Waals surface area contributed by atoms with Crippen LogP contribution in [0, 0.1) is 0 Å². The van der Waals surface area contributed by atoms with Gasteiger partial charge >= 0.3 is 5.97 Å². The van der Waals surface area contributed by atoms with E-state index in [0.29, 0.717) is 6.42 Å². The van der Waals surface area contributed by atoms with E-state index in [1.165, 1.54) is 0 Å². The van der Waals surface area contributed by atoms with Gasteiger partial charge in [0.2, 0.25) is 0 Å². The summed E-state index contributed by atoms with van der Waals surface area (Å²) in [6.45, 7) is 4.10. The first-order valence-electron chi connectivity index (χ1n) is 6.25. The van der Waals surface area contributed by atoms with Crippen LogP contribution < -0.4 is 5.73 Å². The molecule has 1 fully saturated rings. The molecule has 4 nitrogen and oxygen atoms in total. The predicted molar refractivity (Wildman–Crippen MR) is 64.1 cm³/mol. The first kappa shape index (κ1) is 13.5. The summed E-state index contributed by atoms with van der Waals surface area (Å²) in [5.74, 6) is -0.129. The number of likely N-dealkylation sites (tertiary alicyclic amines) is 1. The molecule has 0 saturated carbocycles. The van der Waals surface area contributed by atoms with Crippen molar-refractivity contribution in [3.63, 3.8) is 0 Å². The molecule has 2 N–H and O–H groups in total. The van der Waals surface area contributed by atoms with E-state index in [1.807, 2.05) is 0 Å². The molecule has 1 saturated heterocycles. The van der Waals surface area contributed by atoms with Crippen LogP contribution in [0.5, 0.6) is 0 Å². The molecule has 4 heteroatoms. The third-order valence-electron chi connectivity index (χ3n) is 3.05. The predicted octanol–water partition coefficient (Wildman–Crippen LogP) is 1.14. The summed E-state index contributed by atoms with van der Waals surface area (Å²) < 4.78 is 5.41. The molecule has 0 amide bonds. The van der Waals surface area contributed by atoms with Gasteiger partial charge in [-0.15, -0.1) is 0 Å². The van der Waals surface area contributed by atoms with Gasteiger partial charge in [-0.3, -0.25) is 4.79 Å². The normalized spacial score (nSPS) is 20.7. The number of carbonyl (C=O) groups is 1. The number of carbonyl (C=O) groups excluding carboxylic acids is 1. The summed E-state index contributed by atoms with van der Waals surface area (Å²) in [7, 11) is 2.09. The Labute approximate surface area is 98.1 Å². The van der Waals surface area contributed by atoms with E-state index in [2.05, 4.69) is 18.9 Å². The molecule has 0 radical (unpaired) electrons. The number of nitrogens with zero attached hydrogens (tertiary/aromatic N) is 1. The zero-order valence-corrected chi connectivity index (χ0v) is 10.4. The number of piperidine rings is 1. The minimum atomic E-state index is -0.129. The van der Waals surface area contributed by atoms with Gasteiger partial charge in [-0.25, -0.2) is 0 Å². The molecule has 16 heavy (non-hydrogen) atoms. The van der Waals surface area contributed by atoms with E-state index in [0.717, 1.165) is 38.8 Å². The van der Waals surface area contributed by atoms with Crippen LogP contribution in [0.4, 0.5) is 0 Å². The second kappa shape index (κ2) is 6.86. The van der Waals surface area contributed by atoms with Crippen LogP contribution in [0.3, 0.4) is 0 Å². The molecule has 0 aliphatic carbocycles. The maximum atomic E-state index is 11.6. The molecule has 0 aromatic heterocycles. The lowest BCUT2D eigenvalue weighted by atomic mass is 10.1. The summed E-state index contributed by atoms with van der Waals surface area (Å²) in [5, 5.41) is 0. The molecular weight excluding hydrogens is 204 g/mol. The minimum absolute atomic E-state index is 0.0382. The van der Waals surface area contributed by atoms with E-state index in [9.17, 15) is 4.79 Å². The van der Waals surface area contributed by atoms with Crippen molar-refractivity contribution in [1.82, 2.24) is 4.90 Å².